The lowest BCUT2D eigenvalue weighted by Crippen LogP contribution is -2.18. The summed E-state index contributed by atoms with van der Waals surface area (Å²) < 4.78 is 0. The van der Waals surface area contributed by atoms with Crippen LogP contribution >= 0.6 is 0 Å². The minimum Gasteiger partial charge on any atom is -0.391 e. The van der Waals surface area contributed by atoms with Gasteiger partial charge in [0.05, 0.1) is 6.10 Å². The zero-order valence-corrected chi connectivity index (χ0v) is 7.94. The first kappa shape index (κ1) is 10.4. The molecule has 0 amide bonds. The molecule has 74 valence electrons. The molecule has 5 heteroatoms. The smallest absolute Gasteiger partial charge is 0.145 e. The average Bonchev–Trinajstić information content (AvgIpc) is 2.26. The maximum absolute atomic E-state index is 9.27. The number of aromatic nitrogens is 2. The highest BCUT2D eigenvalue weighted by atomic mass is 16.3. The number of rotatable bonds is 4. The van der Waals surface area contributed by atoms with Gasteiger partial charge in [0.1, 0.15) is 23.9 Å². The topological polar surface area (TPSA) is 81.8 Å². The van der Waals surface area contributed by atoms with Gasteiger partial charge in [-0.25, -0.2) is 9.97 Å². The fraction of sp³-hybridized carbons (Fsp3) is 0.444. The Labute approximate surface area is 82.4 Å². The highest BCUT2D eigenvalue weighted by Gasteiger charge is 2.01. The number of hydrogen-bond donors (Lipinski definition) is 2. The van der Waals surface area contributed by atoms with E-state index in [1.165, 1.54) is 6.33 Å². The Balaban J connectivity index is 2.55. The van der Waals surface area contributed by atoms with Crippen LogP contribution in [0.2, 0.25) is 0 Å². The SMILES string of the molecule is CC[C@H](O)CNc1cc(C#N)ncn1. The van der Waals surface area contributed by atoms with E-state index in [9.17, 15) is 5.11 Å². The third kappa shape index (κ3) is 2.99. The van der Waals surface area contributed by atoms with E-state index in [2.05, 4.69) is 15.3 Å². The molecule has 0 spiro atoms. The van der Waals surface area contributed by atoms with Crippen molar-refractivity contribution in [3.8, 4) is 6.07 Å². The number of nitrogens with zero attached hydrogens (tertiary/aromatic N) is 3. The van der Waals surface area contributed by atoms with Crippen LogP contribution in [0.15, 0.2) is 12.4 Å². The molecule has 0 saturated heterocycles. The second-order valence-electron chi connectivity index (χ2n) is 2.84. The summed E-state index contributed by atoms with van der Waals surface area (Å²) in [4.78, 5) is 7.64. The maximum Gasteiger partial charge on any atom is 0.145 e. The van der Waals surface area contributed by atoms with Crippen molar-refractivity contribution in [2.75, 3.05) is 11.9 Å². The molecule has 1 rings (SSSR count). The van der Waals surface area contributed by atoms with Gasteiger partial charge in [-0.05, 0) is 6.42 Å². The van der Waals surface area contributed by atoms with Crippen LogP contribution < -0.4 is 5.32 Å². The second-order valence-corrected chi connectivity index (χ2v) is 2.84. The lowest BCUT2D eigenvalue weighted by atomic mass is 10.3. The number of hydrogen-bond acceptors (Lipinski definition) is 5. The van der Waals surface area contributed by atoms with E-state index in [0.717, 1.165) is 0 Å². The van der Waals surface area contributed by atoms with Gasteiger partial charge >= 0.3 is 0 Å². The van der Waals surface area contributed by atoms with Crippen LogP contribution in [-0.4, -0.2) is 27.7 Å². The van der Waals surface area contributed by atoms with Crippen molar-refractivity contribution in [2.45, 2.75) is 19.4 Å². The lowest BCUT2D eigenvalue weighted by molar-refractivity contribution is 0.183. The highest BCUT2D eigenvalue weighted by Crippen LogP contribution is 2.03. The van der Waals surface area contributed by atoms with Crippen molar-refractivity contribution in [3.63, 3.8) is 0 Å². The Morgan fingerprint density at radius 3 is 3.07 bits per heavy atom. The predicted octanol–water partition coefficient (Wildman–Crippen LogP) is 0.531. The first-order chi connectivity index (χ1) is 6.76. The minimum atomic E-state index is -0.393. The third-order valence-corrected chi connectivity index (χ3v) is 1.77. The Morgan fingerprint density at radius 2 is 2.43 bits per heavy atom. The van der Waals surface area contributed by atoms with E-state index in [1.807, 2.05) is 13.0 Å². The number of anilines is 1. The van der Waals surface area contributed by atoms with E-state index in [1.54, 1.807) is 6.07 Å². The van der Waals surface area contributed by atoms with Crippen LogP contribution in [-0.2, 0) is 0 Å². The van der Waals surface area contributed by atoms with Crippen LogP contribution in [0.25, 0.3) is 0 Å². The normalized spacial score (nSPS) is 11.8. The fourth-order valence-electron chi connectivity index (χ4n) is 0.882. The molecule has 1 heterocycles. The average molecular weight is 192 g/mol. The zero-order chi connectivity index (χ0) is 10.4. The van der Waals surface area contributed by atoms with Crippen LogP contribution in [0.1, 0.15) is 19.0 Å². The zero-order valence-electron chi connectivity index (χ0n) is 7.94. The summed E-state index contributed by atoms with van der Waals surface area (Å²) in [6.07, 6.45) is 1.61. The van der Waals surface area contributed by atoms with Gasteiger partial charge < -0.3 is 10.4 Å². The number of nitrogens with one attached hydrogen (secondary N) is 1. The van der Waals surface area contributed by atoms with E-state index in [-0.39, 0.29) is 0 Å². The van der Waals surface area contributed by atoms with Gasteiger partial charge in [-0.3, -0.25) is 0 Å². The van der Waals surface area contributed by atoms with Crippen LogP contribution in [0.3, 0.4) is 0 Å². The van der Waals surface area contributed by atoms with Crippen LogP contribution in [0.5, 0.6) is 0 Å². The first-order valence-electron chi connectivity index (χ1n) is 4.40. The first-order valence-corrected chi connectivity index (χ1v) is 4.40. The molecule has 0 unspecified atom stereocenters. The molecule has 0 fully saturated rings. The van der Waals surface area contributed by atoms with Gasteiger partial charge in [0.15, 0.2) is 0 Å². The van der Waals surface area contributed by atoms with Crippen molar-refractivity contribution in [1.82, 2.24) is 9.97 Å². The standard InChI is InChI=1S/C9H12N4O/c1-2-8(14)5-11-9-3-7(4-10)12-6-13-9/h3,6,8,14H,2,5H2,1H3,(H,11,12,13)/t8-/m0/s1. The Morgan fingerprint density at radius 1 is 1.64 bits per heavy atom. The molecule has 0 saturated carbocycles. The summed E-state index contributed by atoms with van der Waals surface area (Å²) in [6, 6.07) is 3.46. The van der Waals surface area contributed by atoms with Crippen molar-refractivity contribution >= 4 is 5.82 Å². The molecule has 0 aliphatic carbocycles. The van der Waals surface area contributed by atoms with Gasteiger partial charge in [0, 0.05) is 12.6 Å². The molecule has 1 aromatic rings. The number of aliphatic hydroxyl groups is 1. The monoisotopic (exact) mass is 192 g/mol. The van der Waals surface area contributed by atoms with Crippen LogP contribution in [0, 0.1) is 11.3 Å². The Bertz CT molecular complexity index is 334. The van der Waals surface area contributed by atoms with Gasteiger partial charge in [-0.1, -0.05) is 6.92 Å². The van der Waals surface area contributed by atoms with Gasteiger partial charge in [0.25, 0.3) is 0 Å². The summed E-state index contributed by atoms with van der Waals surface area (Å²) in [6.45, 7) is 2.32. The highest BCUT2D eigenvalue weighted by molar-refractivity contribution is 5.38. The van der Waals surface area contributed by atoms with Gasteiger partial charge in [-0.15, -0.1) is 0 Å². The van der Waals surface area contributed by atoms with E-state index in [0.29, 0.717) is 24.5 Å². The number of nitriles is 1. The summed E-state index contributed by atoms with van der Waals surface area (Å²) >= 11 is 0. The van der Waals surface area contributed by atoms with Crippen molar-refractivity contribution in [2.24, 2.45) is 0 Å². The van der Waals surface area contributed by atoms with Crippen molar-refractivity contribution in [3.05, 3.63) is 18.1 Å². The Kier molecular flexibility index (Phi) is 3.83. The molecule has 0 bridgehead atoms. The fourth-order valence-corrected chi connectivity index (χ4v) is 0.882. The summed E-state index contributed by atoms with van der Waals surface area (Å²) in [5, 5.41) is 20.8. The maximum atomic E-state index is 9.27. The molecule has 1 aromatic heterocycles. The molecule has 1 atom stereocenters. The summed E-state index contributed by atoms with van der Waals surface area (Å²) in [5.74, 6) is 0.559. The Hall–Kier alpha value is -1.67. The van der Waals surface area contributed by atoms with Crippen LogP contribution in [0.4, 0.5) is 5.82 Å². The number of aliphatic hydroxyl groups excluding tert-OH is 1. The summed E-state index contributed by atoms with van der Waals surface area (Å²) in [5.41, 5.74) is 0.313. The predicted molar refractivity (Wildman–Crippen MR) is 51.5 cm³/mol. The molecule has 0 radical (unpaired) electrons. The van der Waals surface area contributed by atoms with Gasteiger partial charge in [-0.2, -0.15) is 5.26 Å². The van der Waals surface area contributed by atoms with E-state index >= 15 is 0 Å². The third-order valence-electron chi connectivity index (χ3n) is 1.77. The molecule has 0 aromatic carbocycles. The molecule has 14 heavy (non-hydrogen) atoms. The van der Waals surface area contributed by atoms with E-state index < -0.39 is 6.10 Å². The van der Waals surface area contributed by atoms with Crippen molar-refractivity contribution < 1.29 is 5.11 Å². The molecule has 0 aliphatic rings. The molecule has 2 N–H and O–H groups in total. The van der Waals surface area contributed by atoms with Crippen molar-refractivity contribution in [1.29, 1.82) is 5.26 Å². The second kappa shape index (κ2) is 5.14. The van der Waals surface area contributed by atoms with Gasteiger partial charge in [0.2, 0.25) is 0 Å². The molecule has 0 aliphatic heterocycles. The quantitative estimate of drug-likeness (QED) is 0.727. The minimum absolute atomic E-state index is 0.313. The molecule has 5 nitrogen and oxygen atoms in total. The lowest BCUT2D eigenvalue weighted by Gasteiger charge is -2.09. The molecular formula is C9H12N4O. The molecular weight excluding hydrogens is 180 g/mol. The summed E-state index contributed by atoms with van der Waals surface area (Å²) in [7, 11) is 0. The largest absolute Gasteiger partial charge is 0.391 e. The van der Waals surface area contributed by atoms with E-state index in [4.69, 9.17) is 5.26 Å².